The van der Waals surface area contributed by atoms with E-state index in [9.17, 15) is 22.8 Å². The standard InChI is InChI=1S/C19H17F3N2O3/c1-23(12-13-6-8-14(9-7-13)19(20,21)22)17(25)10-11-24-15-4-2-3-5-16(15)27-18(24)26/h2-9H,10-12H2,1H3. The van der Waals surface area contributed by atoms with Crippen LogP contribution in [0.3, 0.4) is 0 Å². The van der Waals surface area contributed by atoms with Crippen molar-refractivity contribution in [3.63, 3.8) is 0 Å². The number of hydrogen-bond acceptors (Lipinski definition) is 3. The molecule has 0 N–H and O–H groups in total. The van der Waals surface area contributed by atoms with Crippen LogP contribution >= 0.6 is 0 Å². The zero-order valence-electron chi connectivity index (χ0n) is 14.5. The third-order valence-electron chi connectivity index (χ3n) is 4.25. The van der Waals surface area contributed by atoms with Crippen LogP contribution in [0.5, 0.6) is 0 Å². The number of carbonyl (C=O) groups excluding carboxylic acids is 1. The number of para-hydroxylation sites is 2. The maximum absolute atomic E-state index is 12.6. The van der Waals surface area contributed by atoms with Gasteiger partial charge in [-0.15, -0.1) is 0 Å². The molecule has 0 unspecified atom stereocenters. The summed E-state index contributed by atoms with van der Waals surface area (Å²) in [6, 6.07) is 11.6. The Kier molecular flexibility index (Phi) is 5.07. The number of alkyl halides is 3. The number of aromatic nitrogens is 1. The minimum atomic E-state index is -4.39. The fraction of sp³-hybridized carbons (Fsp3) is 0.263. The molecule has 2 aromatic carbocycles. The maximum atomic E-state index is 12.6. The van der Waals surface area contributed by atoms with Crippen molar-refractivity contribution in [3.8, 4) is 0 Å². The van der Waals surface area contributed by atoms with E-state index in [1.807, 2.05) is 0 Å². The number of benzene rings is 2. The number of oxazole rings is 1. The molecule has 0 atom stereocenters. The molecule has 27 heavy (non-hydrogen) atoms. The molecule has 0 aliphatic heterocycles. The lowest BCUT2D eigenvalue weighted by Crippen LogP contribution is -2.28. The SMILES string of the molecule is CN(Cc1ccc(C(F)(F)F)cc1)C(=O)CCn1c(=O)oc2ccccc21. The van der Waals surface area contributed by atoms with Crippen molar-refractivity contribution in [2.75, 3.05) is 7.05 Å². The van der Waals surface area contributed by atoms with Gasteiger partial charge in [0.25, 0.3) is 0 Å². The molecule has 3 aromatic rings. The second kappa shape index (κ2) is 7.30. The smallest absolute Gasteiger partial charge is 0.408 e. The van der Waals surface area contributed by atoms with Crippen LogP contribution in [-0.2, 0) is 24.1 Å². The number of halogens is 3. The van der Waals surface area contributed by atoms with Gasteiger partial charge in [-0.1, -0.05) is 24.3 Å². The highest BCUT2D eigenvalue weighted by atomic mass is 19.4. The van der Waals surface area contributed by atoms with Gasteiger partial charge in [0.1, 0.15) is 0 Å². The van der Waals surface area contributed by atoms with Gasteiger partial charge in [-0.2, -0.15) is 13.2 Å². The third-order valence-corrected chi connectivity index (χ3v) is 4.25. The third kappa shape index (κ3) is 4.21. The molecule has 0 aliphatic carbocycles. The molecule has 0 aliphatic rings. The Morgan fingerprint density at radius 1 is 1.11 bits per heavy atom. The van der Waals surface area contributed by atoms with Gasteiger partial charge in [-0.05, 0) is 29.8 Å². The number of aryl methyl sites for hydroxylation is 1. The molecule has 0 saturated carbocycles. The lowest BCUT2D eigenvalue weighted by molar-refractivity contribution is -0.137. The predicted molar refractivity (Wildman–Crippen MR) is 93.0 cm³/mol. The van der Waals surface area contributed by atoms with Crippen LogP contribution in [0.15, 0.2) is 57.7 Å². The highest BCUT2D eigenvalue weighted by Gasteiger charge is 2.30. The number of fused-ring (bicyclic) bond motifs is 1. The Morgan fingerprint density at radius 3 is 2.44 bits per heavy atom. The fourth-order valence-electron chi connectivity index (χ4n) is 2.79. The van der Waals surface area contributed by atoms with Crippen LogP contribution in [0.2, 0.25) is 0 Å². The van der Waals surface area contributed by atoms with Gasteiger partial charge < -0.3 is 9.32 Å². The van der Waals surface area contributed by atoms with E-state index in [0.29, 0.717) is 16.7 Å². The first-order valence-corrected chi connectivity index (χ1v) is 8.24. The quantitative estimate of drug-likeness (QED) is 0.681. The highest BCUT2D eigenvalue weighted by Crippen LogP contribution is 2.29. The molecule has 0 radical (unpaired) electrons. The molecule has 5 nitrogen and oxygen atoms in total. The fourth-order valence-corrected chi connectivity index (χ4v) is 2.79. The molecule has 1 aromatic heterocycles. The largest absolute Gasteiger partial charge is 0.419 e. The van der Waals surface area contributed by atoms with E-state index in [1.54, 1.807) is 31.3 Å². The van der Waals surface area contributed by atoms with Crippen molar-refractivity contribution in [1.29, 1.82) is 0 Å². The number of rotatable bonds is 5. The Bertz CT molecular complexity index is 1000. The topological polar surface area (TPSA) is 55.5 Å². The van der Waals surface area contributed by atoms with Crippen molar-refractivity contribution in [2.24, 2.45) is 0 Å². The molecule has 0 fully saturated rings. The summed E-state index contributed by atoms with van der Waals surface area (Å²) in [5, 5.41) is 0. The van der Waals surface area contributed by atoms with Gasteiger partial charge in [0, 0.05) is 26.6 Å². The van der Waals surface area contributed by atoms with Gasteiger partial charge in [-0.3, -0.25) is 9.36 Å². The van der Waals surface area contributed by atoms with Gasteiger partial charge in [0.05, 0.1) is 11.1 Å². The van der Waals surface area contributed by atoms with E-state index in [-0.39, 0.29) is 25.4 Å². The summed E-state index contributed by atoms with van der Waals surface area (Å²) in [6.07, 6.45) is -4.32. The number of hydrogen-bond donors (Lipinski definition) is 0. The summed E-state index contributed by atoms with van der Waals surface area (Å²) in [7, 11) is 1.57. The summed E-state index contributed by atoms with van der Waals surface area (Å²) in [5.41, 5.74) is 0.921. The molecule has 1 amide bonds. The summed E-state index contributed by atoms with van der Waals surface area (Å²) in [5.74, 6) is -0.763. The predicted octanol–water partition coefficient (Wildman–Crippen LogP) is 3.66. The molecule has 142 valence electrons. The minimum absolute atomic E-state index is 0.0700. The second-order valence-corrected chi connectivity index (χ2v) is 6.18. The second-order valence-electron chi connectivity index (χ2n) is 6.18. The average molecular weight is 378 g/mol. The lowest BCUT2D eigenvalue weighted by atomic mass is 10.1. The Labute approximate surface area is 152 Å². The molecular weight excluding hydrogens is 361 g/mol. The Hall–Kier alpha value is -3.03. The summed E-state index contributed by atoms with van der Waals surface area (Å²) >= 11 is 0. The average Bonchev–Trinajstić information content (AvgIpc) is 2.94. The Morgan fingerprint density at radius 2 is 1.78 bits per heavy atom. The first-order valence-electron chi connectivity index (χ1n) is 8.24. The van der Waals surface area contributed by atoms with Crippen LogP contribution < -0.4 is 5.76 Å². The molecular formula is C19H17F3N2O3. The summed E-state index contributed by atoms with van der Waals surface area (Å²) in [4.78, 5) is 25.6. The van der Waals surface area contributed by atoms with Crippen LogP contribution in [0.1, 0.15) is 17.5 Å². The zero-order chi connectivity index (χ0) is 19.6. The van der Waals surface area contributed by atoms with E-state index in [2.05, 4.69) is 0 Å². The number of amides is 1. The van der Waals surface area contributed by atoms with E-state index in [0.717, 1.165) is 12.1 Å². The lowest BCUT2D eigenvalue weighted by Gasteiger charge is -2.18. The van der Waals surface area contributed by atoms with Crippen molar-refractivity contribution in [2.45, 2.75) is 25.7 Å². The van der Waals surface area contributed by atoms with Crippen molar-refractivity contribution >= 4 is 17.0 Å². The highest BCUT2D eigenvalue weighted by molar-refractivity contribution is 5.76. The normalized spacial score (nSPS) is 11.7. The van der Waals surface area contributed by atoms with Crippen LogP contribution in [0, 0.1) is 0 Å². The van der Waals surface area contributed by atoms with Gasteiger partial charge in [-0.25, -0.2) is 4.79 Å². The van der Waals surface area contributed by atoms with Crippen molar-refractivity contribution < 1.29 is 22.4 Å². The molecule has 1 heterocycles. The molecule has 8 heteroatoms. The van der Waals surface area contributed by atoms with Crippen LogP contribution in [-0.4, -0.2) is 22.4 Å². The van der Waals surface area contributed by atoms with Crippen LogP contribution in [0.4, 0.5) is 13.2 Å². The van der Waals surface area contributed by atoms with E-state index in [1.165, 1.54) is 21.6 Å². The van der Waals surface area contributed by atoms with Crippen molar-refractivity contribution in [1.82, 2.24) is 9.47 Å². The maximum Gasteiger partial charge on any atom is 0.419 e. The van der Waals surface area contributed by atoms with E-state index < -0.39 is 17.5 Å². The van der Waals surface area contributed by atoms with E-state index >= 15 is 0 Å². The van der Waals surface area contributed by atoms with Gasteiger partial charge in [0.2, 0.25) is 5.91 Å². The molecule has 3 rings (SSSR count). The number of nitrogens with zero attached hydrogens (tertiary/aromatic N) is 2. The zero-order valence-corrected chi connectivity index (χ0v) is 14.5. The summed E-state index contributed by atoms with van der Waals surface area (Å²) in [6.45, 7) is 0.337. The van der Waals surface area contributed by atoms with Gasteiger partial charge >= 0.3 is 11.9 Å². The minimum Gasteiger partial charge on any atom is -0.408 e. The summed E-state index contributed by atoms with van der Waals surface area (Å²) < 4.78 is 44.3. The molecule has 0 saturated heterocycles. The monoisotopic (exact) mass is 378 g/mol. The van der Waals surface area contributed by atoms with Crippen LogP contribution in [0.25, 0.3) is 11.1 Å². The molecule has 0 bridgehead atoms. The number of carbonyl (C=O) groups is 1. The first kappa shape index (κ1) is 18.8. The van der Waals surface area contributed by atoms with E-state index in [4.69, 9.17) is 4.42 Å². The molecule has 0 spiro atoms. The van der Waals surface area contributed by atoms with Crippen molar-refractivity contribution in [3.05, 3.63) is 70.2 Å². The Balaban J connectivity index is 1.62. The first-order chi connectivity index (χ1) is 12.8. The van der Waals surface area contributed by atoms with Gasteiger partial charge in [0.15, 0.2) is 5.58 Å².